The van der Waals surface area contributed by atoms with Gasteiger partial charge in [-0.3, -0.25) is 0 Å². The smallest absolute Gasteiger partial charge is 0.186 e. The van der Waals surface area contributed by atoms with Crippen molar-refractivity contribution in [2.75, 3.05) is 13.7 Å². The lowest BCUT2D eigenvalue weighted by Gasteiger charge is -2.41. The maximum Gasteiger partial charge on any atom is 0.186 e. The number of aliphatic hydroxyl groups is 3. The van der Waals surface area contributed by atoms with Gasteiger partial charge in [-0.25, -0.2) is 0 Å². The van der Waals surface area contributed by atoms with E-state index in [1.54, 1.807) is 0 Å². The zero-order valence-corrected chi connectivity index (χ0v) is 11.3. The van der Waals surface area contributed by atoms with Gasteiger partial charge in [-0.1, -0.05) is 30.3 Å². The van der Waals surface area contributed by atoms with Gasteiger partial charge in [0.05, 0.1) is 13.2 Å². The maximum absolute atomic E-state index is 10.1. The molecule has 0 bridgehead atoms. The molecule has 112 valence electrons. The molecule has 1 aliphatic rings. The Morgan fingerprint density at radius 2 is 1.85 bits per heavy atom. The third-order valence-corrected chi connectivity index (χ3v) is 3.34. The average molecular weight is 284 g/mol. The number of hydrogen-bond donors (Lipinski definition) is 3. The Kier molecular flexibility index (Phi) is 5.47. The van der Waals surface area contributed by atoms with E-state index in [0.29, 0.717) is 0 Å². The number of benzene rings is 1. The van der Waals surface area contributed by atoms with Crippen LogP contribution in [0.5, 0.6) is 0 Å². The Hall–Kier alpha value is -1.02. The van der Waals surface area contributed by atoms with E-state index in [-0.39, 0.29) is 13.2 Å². The van der Waals surface area contributed by atoms with E-state index in [2.05, 4.69) is 0 Å². The van der Waals surface area contributed by atoms with E-state index in [9.17, 15) is 15.3 Å². The molecule has 1 fully saturated rings. The highest BCUT2D eigenvalue weighted by molar-refractivity contribution is 5.13. The van der Waals surface area contributed by atoms with E-state index < -0.39 is 30.7 Å². The Morgan fingerprint density at radius 1 is 1.15 bits per heavy atom. The van der Waals surface area contributed by atoms with Crippen LogP contribution >= 0.6 is 0 Å². The van der Waals surface area contributed by atoms with Crippen LogP contribution in [0, 0.1) is 0 Å². The molecule has 5 atom stereocenters. The van der Waals surface area contributed by atoms with Crippen molar-refractivity contribution in [2.24, 2.45) is 0 Å². The van der Waals surface area contributed by atoms with Gasteiger partial charge in [0.25, 0.3) is 0 Å². The van der Waals surface area contributed by atoms with Gasteiger partial charge in [-0.2, -0.15) is 0 Å². The van der Waals surface area contributed by atoms with Crippen molar-refractivity contribution in [2.45, 2.75) is 37.3 Å². The van der Waals surface area contributed by atoms with E-state index in [0.717, 1.165) is 5.56 Å². The van der Waals surface area contributed by atoms with E-state index in [1.807, 2.05) is 30.3 Å². The molecular formula is C14H20O6. The van der Waals surface area contributed by atoms with Crippen LogP contribution in [0.1, 0.15) is 5.56 Å². The number of methoxy groups -OCH3 is 1. The number of aliphatic hydroxyl groups excluding tert-OH is 3. The SMILES string of the molecule is CO[C@@H]1O[C@H](CO)[C@@H](OCc2ccccc2)[C@H](O)[C@H]1O. The summed E-state index contributed by atoms with van der Waals surface area (Å²) >= 11 is 0. The zero-order valence-electron chi connectivity index (χ0n) is 11.3. The van der Waals surface area contributed by atoms with Crippen molar-refractivity contribution >= 4 is 0 Å². The number of ether oxygens (including phenoxy) is 3. The summed E-state index contributed by atoms with van der Waals surface area (Å²) < 4.78 is 15.9. The van der Waals surface area contributed by atoms with Crippen molar-refractivity contribution in [1.82, 2.24) is 0 Å². The fraction of sp³-hybridized carbons (Fsp3) is 0.571. The third kappa shape index (κ3) is 3.35. The maximum atomic E-state index is 10.1. The minimum atomic E-state index is -1.22. The highest BCUT2D eigenvalue weighted by Gasteiger charge is 2.45. The minimum Gasteiger partial charge on any atom is -0.394 e. The molecule has 20 heavy (non-hydrogen) atoms. The summed E-state index contributed by atoms with van der Waals surface area (Å²) in [4.78, 5) is 0. The number of hydrogen-bond acceptors (Lipinski definition) is 6. The molecule has 2 rings (SSSR count). The van der Waals surface area contributed by atoms with Crippen molar-refractivity contribution in [1.29, 1.82) is 0 Å². The Bertz CT molecular complexity index is 396. The normalized spacial score (nSPS) is 34.1. The molecule has 3 N–H and O–H groups in total. The fourth-order valence-corrected chi connectivity index (χ4v) is 2.22. The van der Waals surface area contributed by atoms with Crippen LogP contribution in [0.15, 0.2) is 30.3 Å². The van der Waals surface area contributed by atoms with Crippen molar-refractivity contribution in [3.8, 4) is 0 Å². The molecule has 6 nitrogen and oxygen atoms in total. The standard InChI is InChI=1S/C14H20O6/c1-18-14-12(17)11(16)13(10(7-15)20-14)19-8-9-5-3-2-4-6-9/h2-6,10-17H,7-8H2,1H3/t10-,11-,12-,13-,14-/m1/s1. The quantitative estimate of drug-likeness (QED) is 0.685. The summed E-state index contributed by atoms with van der Waals surface area (Å²) in [5.74, 6) is 0. The summed E-state index contributed by atoms with van der Waals surface area (Å²) in [5.41, 5.74) is 0.930. The Morgan fingerprint density at radius 3 is 2.45 bits per heavy atom. The van der Waals surface area contributed by atoms with Crippen molar-refractivity contribution in [3.05, 3.63) is 35.9 Å². The molecule has 1 aromatic carbocycles. The summed E-state index contributed by atoms with van der Waals surface area (Å²) in [7, 11) is 1.36. The first-order valence-electron chi connectivity index (χ1n) is 6.48. The van der Waals surface area contributed by atoms with Crippen LogP contribution < -0.4 is 0 Å². The van der Waals surface area contributed by atoms with E-state index >= 15 is 0 Å². The topological polar surface area (TPSA) is 88.4 Å². The lowest BCUT2D eigenvalue weighted by molar-refractivity contribution is -0.302. The average Bonchev–Trinajstić information content (AvgIpc) is 2.49. The summed E-state index contributed by atoms with van der Waals surface area (Å²) in [6, 6.07) is 9.43. The predicted octanol–water partition coefficient (Wildman–Crippen LogP) is -0.343. The van der Waals surface area contributed by atoms with Gasteiger partial charge < -0.3 is 29.5 Å². The molecule has 1 aliphatic heterocycles. The molecule has 0 radical (unpaired) electrons. The van der Waals surface area contributed by atoms with Gasteiger partial charge >= 0.3 is 0 Å². The number of rotatable bonds is 5. The van der Waals surface area contributed by atoms with Crippen LogP contribution in [0.2, 0.25) is 0 Å². The molecule has 1 saturated heterocycles. The Labute approximate surface area is 117 Å². The molecule has 0 aromatic heterocycles. The van der Waals surface area contributed by atoms with Gasteiger partial charge in [-0.15, -0.1) is 0 Å². The van der Waals surface area contributed by atoms with Gasteiger partial charge in [-0.05, 0) is 5.56 Å². The molecule has 0 aliphatic carbocycles. The third-order valence-electron chi connectivity index (χ3n) is 3.34. The molecule has 0 unspecified atom stereocenters. The van der Waals surface area contributed by atoms with E-state index in [4.69, 9.17) is 14.2 Å². The van der Waals surface area contributed by atoms with Gasteiger partial charge in [0.2, 0.25) is 0 Å². The highest BCUT2D eigenvalue weighted by atomic mass is 16.7. The lowest BCUT2D eigenvalue weighted by Crippen LogP contribution is -2.59. The van der Waals surface area contributed by atoms with E-state index in [1.165, 1.54) is 7.11 Å². The van der Waals surface area contributed by atoms with Gasteiger partial charge in [0.15, 0.2) is 6.29 Å². The van der Waals surface area contributed by atoms with Crippen LogP contribution in [-0.4, -0.2) is 59.7 Å². The fourth-order valence-electron chi connectivity index (χ4n) is 2.22. The van der Waals surface area contributed by atoms with Crippen molar-refractivity contribution in [3.63, 3.8) is 0 Å². The molecular weight excluding hydrogens is 264 g/mol. The van der Waals surface area contributed by atoms with Crippen LogP contribution in [0.3, 0.4) is 0 Å². The second-order valence-electron chi connectivity index (χ2n) is 4.70. The first-order valence-corrected chi connectivity index (χ1v) is 6.48. The molecule has 0 spiro atoms. The minimum absolute atomic E-state index is 0.257. The Balaban J connectivity index is 2.01. The molecule has 1 aromatic rings. The zero-order chi connectivity index (χ0) is 14.5. The van der Waals surface area contributed by atoms with Gasteiger partial charge in [0.1, 0.15) is 24.4 Å². The highest BCUT2D eigenvalue weighted by Crippen LogP contribution is 2.24. The van der Waals surface area contributed by atoms with Crippen molar-refractivity contribution < 1.29 is 29.5 Å². The second-order valence-corrected chi connectivity index (χ2v) is 4.70. The molecule has 0 saturated carbocycles. The van der Waals surface area contributed by atoms with Crippen LogP contribution in [-0.2, 0) is 20.8 Å². The van der Waals surface area contributed by atoms with Gasteiger partial charge in [0, 0.05) is 7.11 Å². The van der Waals surface area contributed by atoms with Crippen LogP contribution in [0.25, 0.3) is 0 Å². The summed E-state index contributed by atoms with van der Waals surface area (Å²) in [6.07, 6.45) is -4.94. The predicted molar refractivity (Wildman–Crippen MR) is 69.8 cm³/mol. The molecule has 1 heterocycles. The molecule has 0 amide bonds. The first kappa shape index (κ1) is 15.4. The monoisotopic (exact) mass is 284 g/mol. The molecule has 6 heteroatoms. The summed E-state index contributed by atoms with van der Waals surface area (Å²) in [6.45, 7) is -0.0735. The van der Waals surface area contributed by atoms with Crippen LogP contribution in [0.4, 0.5) is 0 Å². The first-order chi connectivity index (χ1) is 9.67. The largest absolute Gasteiger partial charge is 0.394 e. The lowest BCUT2D eigenvalue weighted by atomic mass is 9.99. The summed E-state index contributed by atoms with van der Waals surface area (Å²) in [5, 5.41) is 29.3. The second kappa shape index (κ2) is 7.12.